The average molecular weight is 225 g/mol. The second-order valence-electron chi connectivity index (χ2n) is 5.59. The Hall–Kier alpha value is -0.120. The molecule has 1 N–H and O–H groups in total. The number of likely N-dealkylation sites (N-methyl/N-ethyl adjacent to an activating group) is 2. The molecule has 0 spiro atoms. The first-order valence-corrected chi connectivity index (χ1v) is 6.86. The molecule has 1 aliphatic heterocycles. The van der Waals surface area contributed by atoms with Crippen molar-refractivity contribution in [3.8, 4) is 0 Å². The number of nitrogens with one attached hydrogen (secondary N) is 1. The summed E-state index contributed by atoms with van der Waals surface area (Å²) in [6.07, 6.45) is 2.89. The lowest BCUT2D eigenvalue weighted by atomic mass is 10.1. The fraction of sp³-hybridized carbons (Fsp3) is 1.00. The van der Waals surface area contributed by atoms with Crippen LogP contribution in [-0.4, -0.2) is 61.7 Å². The fourth-order valence-corrected chi connectivity index (χ4v) is 2.71. The number of hydrogen-bond acceptors (Lipinski definition) is 3. The summed E-state index contributed by atoms with van der Waals surface area (Å²) in [5.41, 5.74) is 0. The van der Waals surface area contributed by atoms with E-state index in [4.69, 9.17) is 0 Å². The summed E-state index contributed by atoms with van der Waals surface area (Å²) in [5, 5.41) is 3.66. The van der Waals surface area contributed by atoms with Crippen LogP contribution >= 0.6 is 0 Å². The lowest BCUT2D eigenvalue weighted by Crippen LogP contribution is -2.53. The molecule has 1 heterocycles. The second-order valence-corrected chi connectivity index (χ2v) is 5.59. The van der Waals surface area contributed by atoms with Crippen LogP contribution in [0.5, 0.6) is 0 Å². The zero-order chi connectivity index (χ0) is 11.5. The van der Waals surface area contributed by atoms with Crippen LogP contribution in [0.3, 0.4) is 0 Å². The molecule has 2 fully saturated rings. The van der Waals surface area contributed by atoms with E-state index in [-0.39, 0.29) is 0 Å². The quantitative estimate of drug-likeness (QED) is 0.753. The Morgan fingerprint density at radius 3 is 2.62 bits per heavy atom. The van der Waals surface area contributed by atoms with E-state index in [0.29, 0.717) is 0 Å². The van der Waals surface area contributed by atoms with E-state index in [1.165, 1.54) is 39.0 Å². The minimum Gasteiger partial charge on any atom is -0.313 e. The van der Waals surface area contributed by atoms with Crippen molar-refractivity contribution in [3.05, 3.63) is 0 Å². The van der Waals surface area contributed by atoms with E-state index in [1.54, 1.807) is 0 Å². The van der Waals surface area contributed by atoms with Gasteiger partial charge >= 0.3 is 0 Å². The van der Waals surface area contributed by atoms with Crippen LogP contribution in [0.15, 0.2) is 0 Å². The third-order valence-corrected chi connectivity index (χ3v) is 4.16. The van der Waals surface area contributed by atoms with Crippen LogP contribution in [0.4, 0.5) is 0 Å². The predicted molar refractivity (Wildman–Crippen MR) is 68.7 cm³/mol. The summed E-state index contributed by atoms with van der Waals surface area (Å²) in [7, 11) is 2.24. The highest BCUT2D eigenvalue weighted by Crippen LogP contribution is 2.33. The molecule has 0 aromatic heterocycles. The molecule has 2 rings (SSSR count). The van der Waals surface area contributed by atoms with Crippen molar-refractivity contribution in [2.45, 2.75) is 38.8 Å². The topological polar surface area (TPSA) is 18.5 Å². The molecular formula is C13H27N3. The van der Waals surface area contributed by atoms with E-state index < -0.39 is 0 Å². The van der Waals surface area contributed by atoms with E-state index in [1.807, 2.05) is 0 Å². The fourth-order valence-electron chi connectivity index (χ4n) is 2.71. The smallest absolute Gasteiger partial charge is 0.0223 e. The molecule has 0 radical (unpaired) electrons. The molecule has 3 heteroatoms. The van der Waals surface area contributed by atoms with Crippen molar-refractivity contribution in [1.82, 2.24) is 15.1 Å². The Morgan fingerprint density at radius 1 is 1.31 bits per heavy atom. The molecule has 1 aliphatic carbocycles. The summed E-state index contributed by atoms with van der Waals surface area (Å²) < 4.78 is 0. The summed E-state index contributed by atoms with van der Waals surface area (Å²) in [4.78, 5) is 5.12. The maximum absolute atomic E-state index is 3.66. The van der Waals surface area contributed by atoms with Crippen molar-refractivity contribution in [3.63, 3.8) is 0 Å². The summed E-state index contributed by atoms with van der Waals surface area (Å²) >= 11 is 0. The minimum absolute atomic E-state index is 0.718. The van der Waals surface area contributed by atoms with E-state index in [2.05, 4.69) is 36.0 Å². The normalized spacial score (nSPS) is 30.6. The Balaban J connectivity index is 1.78. The predicted octanol–water partition coefficient (Wildman–Crippen LogP) is 1.01. The lowest BCUT2D eigenvalue weighted by molar-refractivity contribution is 0.0948. The van der Waals surface area contributed by atoms with Gasteiger partial charge in [-0.15, -0.1) is 0 Å². The molecule has 0 aromatic rings. The van der Waals surface area contributed by atoms with Gasteiger partial charge in [0.25, 0.3) is 0 Å². The standard InChI is InChI=1S/C13H27N3/c1-4-14-13(12-5-6-12)10-16-8-7-15(3)11(2)9-16/h11-14H,4-10H2,1-3H3. The number of rotatable bonds is 5. The average Bonchev–Trinajstić information content (AvgIpc) is 3.06. The summed E-state index contributed by atoms with van der Waals surface area (Å²) in [6.45, 7) is 10.7. The van der Waals surface area contributed by atoms with Crippen molar-refractivity contribution in [2.24, 2.45) is 5.92 Å². The molecule has 1 saturated carbocycles. The molecule has 2 atom stereocenters. The van der Waals surface area contributed by atoms with Gasteiger partial charge in [-0.05, 0) is 39.3 Å². The number of nitrogens with zero attached hydrogens (tertiary/aromatic N) is 2. The Labute approximate surface area is 100 Å². The zero-order valence-corrected chi connectivity index (χ0v) is 11.1. The van der Waals surface area contributed by atoms with Crippen LogP contribution in [0.1, 0.15) is 26.7 Å². The monoisotopic (exact) mass is 225 g/mol. The summed E-state index contributed by atoms with van der Waals surface area (Å²) in [6, 6.07) is 1.47. The van der Waals surface area contributed by atoms with Gasteiger partial charge in [-0.2, -0.15) is 0 Å². The van der Waals surface area contributed by atoms with Crippen LogP contribution in [0.25, 0.3) is 0 Å². The highest BCUT2D eigenvalue weighted by Gasteiger charge is 2.32. The van der Waals surface area contributed by atoms with Gasteiger partial charge in [0.05, 0.1) is 0 Å². The van der Waals surface area contributed by atoms with E-state index in [0.717, 1.165) is 24.5 Å². The Bertz CT molecular complexity index is 215. The molecule has 2 aliphatic rings. The maximum Gasteiger partial charge on any atom is 0.0223 e. The van der Waals surface area contributed by atoms with Gasteiger partial charge in [-0.3, -0.25) is 4.90 Å². The molecule has 16 heavy (non-hydrogen) atoms. The van der Waals surface area contributed by atoms with Crippen LogP contribution in [-0.2, 0) is 0 Å². The van der Waals surface area contributed by atoms with Gasteiger partial charge in [0, 0.05) is 38.3 Å². The SMILES string of the molecule is CCNC(CN1CCN(C)C(C)C1)C1CC1. The first kappa shape index (κ1) is 12.3. The maximum atomic E-state index is 3.66. The largest absolute Gasteiger partial charge is 0.313 e. The van der Waals surface area contributed by atoms with Gasteiger partial charge in [-0.25, -0.2) is 0 Å². The van der Waals surface area contributed by atoms with E-state index >= 15 is 0 Å². The van der Waals surface area contributed by atoms with Gasteiger partial charge < -0.3 is 10.2 Å². The zero-order valence-electron chi connectivity index (χ0n) is 11.1. The molecule has 94 valence electrons. The van der Waals surface area contributed by atoms with Gasteiger partial charge in [0.15, 0.2) is 0 Å². The highest BCUT2D eigenvalue weighted by atomic mass is 15.3. The second kappa shape index (κ2) is 5.48. The van der Waals surface area contributed by atoms with Gasteiger partial charge in [0.2, 0.25) is 0 Å². The van der Waals surface area contributed by atoms with Crippen LogP contribution < -0.4 is 5.32 Å². The number of piperazine rings is 1. The third-order valence-electron chi connectivity index (χ3n) is 4.16. The van der Waals surface area contributed by atoms with E-state index in [9.17, 15) is 0 Å². The van der Waals surface area contributed by atoms with Crippen LogP contribution in [0, 0.1) is 5.92 Å². The molecule has 0 bridgehead atoms. The first-order chi connectivity index (χ1) is 7.70. The third kappa shape index (κ3) is 3.19. The Kier molecular flexibility index (Phi) is 4.22. The molecule has 0 amide bonds. The molecule has 0 aromatic carbocycles. The van der Waals surface area contributed by atoms with Crippen LogP contribution in [0.2, 0.25) is 0 Å². The van der Waals surface area contributed by atoms with Crippen molar-refractivity contribution in [1.29, 1.82) is 0 Å². The first-order valence-electron chi connectivity index (χ1n) is 6.86. The minimum atomic E-state index is 0.718. The van der Waals surface area contributed by atoms with Crippen molar-refractivity contribution < 1.29 is 0 Å². The molecule has 2 unspecified atom stereocenters. The highest BCUT2D eigenvalue weighted by molar-refractivity contribution is 4.89. The molecule has 1 saturated heterocycles. The van der Waals surface area contributed by atoms with Gasteiger partial charge in [0.1, 0.15) is 0 Å². The van der Waals surface area contributed by atoms with Crippen molar-refractivity contribution in [2.75, 3.05) is 39.8 Å². The number of hydrogen-bond donors (Lipinski definition) is 1. The summed E-state index contributed by atoms with van der Waals surface area (Å²) in [5.74, 6) is 0.968. The lowest BCUT2D eigenvalue weighted by Gasteiger charge is -2.39. The Morgan fingerprint density at radius 2 is 2.06 bits per heavy atom. The molecule has 3 nitrogen and oxygen atoms in total. The van der Waals surface area contributed by atoms with Crippen molar-refractivity contribution >= 4 is 0 Å². The van der Waals surface area contributed by atoms with Gasteiger partial charge in [-0.1, -0.05) is 6.92 Å². The molecular weight excluding hydrogens is 198 g/mol.